The molecule has 0 bridgehead atoms. The lowest BCUT2D eigenvalue weighted by Gasteiger charge is -2.13. The third kappa shape index (κ3) is 7.96. The molecule has 0 saturated heterocycles. The summed E-state index contributed by atoms with van der Waals surface area (Å²) in [7, 11) is -12.2. The molecule has 0 saturated carbocycles. The van der Waals surface area contributed by atoms with Crippen molar-refractivity contribution in [3.63, 3.8) is 0 Å². The smallest absolute Gasteiger partial charge is 0.257 e. The zero-order chi connectivity index (χ0) is 30.5. The average Bonchev–Trinajstić information content (AvgIpc) is 2.95. The van der Waals surface area contributed by atoms with Gasteiger partial charge in [0.1, 0.15) is 0 Å². The average molecular weight is 634 g/mol. The molecule has 18 heteroatoms. The fourth-order valence-corrected chi connectivity index (χ4v) is 5.72. The van der Waals surface area contributed by atoms with Gasteiger partial charge in [-0.2, -0.15) is 15.0 Å². The van der Waals surface area contributed by atoms with Crippen LogP contribution in [0, 0.1) is 20.8 Å². The van der Waals surface area contributed by atoms with Gasteiger partial charge < -0.3 is 0 Å². The van der Waals surface area contributed by atoms with Crippen LogP contribution in [-0.2, 0) is 30.1 Å². The molecule has 0 spiro atoms. The quantitative estimate of drug-likeness (QED) is 0.123. The van der Waals surface area contributed by atoms with E-state index >= 15 is 0 Å². The van der Waals surface area contributed by atoms with Gasteiger partial charge in [0, 0.05) is 0 Å². The number of nitrogens with zero attached hydrogens (tertiary/aromatic N) is 3. The van der Waals surface area contributed by atoms with Gasteiger partial charge in [-0.25, -0.2) is 25.3 Å². The second-order valence-electron chi connectivity index (χ2n) is 8.94. The molecule has 4 aromatic rings. The van der Waals surface area contributed by atoms with E-state index in [-0.39, 0.29) is 14.7 Å². The number of rotatable bonds is 12. The topological polar surface area (TPSA) is 213 Å². The third-order valence-corrected chi connectivity index (χ3v) is 9.31. The zero-order valence-electron chi connectivity index (χ0n) is 22.4. The molecule has 0 unspecified atom stereocenters. The highest BCUT2D eigenvalue weighted by atomic mass is 32.2. The number of aryl methyl sites for hydroxylation is 3. The highest BCUT2D eigenvalue weighted by molar-refractivity contribution is 7.90. The maximum Gasteiger partial charge on any atom is 0.257 e. The first-order valence-corrected chi connectivity index (χ1v) is 16.5. The number of nitrogens with one attached hydrogen (secondary N) is 6. The van der Waals surface area contributed by atoms with Crippen molar-refractivity contribution in [2.24, 2.45) is 0 Å². The molecule has 0 aliphatic carbocycles. The predicted octanol–water partition coefficient (Wildman–Crippen LogP) is 1.71. The van der Waals surface area contributed by atoms with E-state index in [0.717, 1.165) is 16.7 Å². The Morgan fingerprint density at radius 2 is 0.619 bits per heavy atom. The van der Waals surface area contributed by atoms with Gasteiger partial charge >= 0.3 is 0 Å². The number of hydrogen-bond acceptors (Lipinski definition) is 12. The molecule has 1 heterocycles. The van der Waals surface area contributed by atoms with Crippen molar-refractivity contribution in [2.75, 3.05) is 16.3 Å². The number of sulfonamides is 3. The first kappa shape index (κ1) is 30.8. The molecule has 0 aliphatic heterocycles. The molecule has 42 heavy (non-hydrogen) atoms. The summed E-state index contributed by atoms with van der Waals surface area (Å²) in [6.45, 7) is 5.40. The Morgan fingerprint density at radius 1 is 0.405 bits per heavy atom. The van der Waals surface area contributed by atoms with E-state index in [1.54, 1.807) is 57.2 Å². The molecule has 4 rings (SSSR count). The Labute approximate surface area is 243 Å². The van der Waals surface area contributed by atoms with Crippen molar-refractivity contribution in [3.05, 3.63) is 89.5 Å². The lowest BCUT2D eigenvalue weighted by atomic mass is 10.2. The van der Waals surface area contributed by atoms with Crippen molar-refractivity contribution in [1.82, 2.24) is 29.4 Å². The van der Waals surface area contributed by atoms with E-state index in [1.807, 2.05) is 0 Å². The minimum atomic E-state index is -4.08. The van der Waals surface area contributed by atoms with Gasteiger partial charge in [-0.05, 0) is 57.2 Å². The van der Waals surface area contributed by atoms with E-state index in [0.29, 0.717) is 0 Å². The second-order valence-corrected chi connectivity index (χ2v) is 14.0. The van der Waals surface area contributed by atoms with Crippen molar-refractivity contribution in [2.45, 2.75) is 35.5 Å². The highest BCUT2D eigenvalue weighted by Crippen LogP contribution is 2.15. The Balaban J connectivity index is 1.57. The van der Waals surface area contributed by atoms with E-state index < -0.39 is 47.9 Å². The fourth-order valence-electron chi connectivity index (χ4n) is 3.21. The SMILES string of the molecule is Cc1ccc(S(=O)(=O)NNc2nc(NNS(=O)(=O)c3ccc(C)cc3)nc(NNS(=O)(=O)c3ccc(C)cc3)n2)cc1. The number of hydrazine groups is 3. The maximum atomic E-state index is 12.7. The molecule has 0 fully saturated rings. The van der Waals surface area contributed by atoms with Crippen LogP contribution in [0.3, 0.4) is 0 Å². The van der Waals surface area contributed by atoms with Crippen LogP contribution in [0.25, 0.3) is 0 Å². The first-order chi connectivity index (χ1) is 19.7. The minimum Gasteiger partial charge on any atom is -0.275 e. The summed E-state index contributed by atoms with van der Waals surface area (Å²) in [5.74, 6) is -1.22. The molecule has 1 aromatic heterocycles. The Hall–Kier alpha value is -4.20. The fraction of sp³-hybridized carbons (Fsp3) is 0.125. The molecule has 3 aromatic carbocycles. The summed E-state index contributed by atoms with van der Waals surface area (Å²) in [6, 6.07) is 18.0. The second kappa shape index (κ2) is 12.3. The molecular weight excluding hydrogens is 607 g/mol. The van der Waals surface area contributed by atoms with Crippen molar-refractivity contribution < 1.29 is 25.3 Å². The minimum absolute atomic E-state index is 0.0527. The van der Waals surface area contributed by atoms with Crippen LogP contribution in [0.15, 0.2) is 87.5 Å². The van der Waals surface area contributed by atoms with Crippen LogP contribution in [0.5, 0.6) is 0 Å². The number of benzene rings is 3. The van der Waals surface area contributed by atoms with E-state index in [1.165, 1.54) is 36.4 Å². The Bertz CT molecular complexity index is 1650. The van der Waals surface area contributed by atoms with E-state index in [9.17, 15) is 25.3 Å². The number of anilines is 3. The number of aromatic nitrogens is 3. The lowest BCUT2D eigenvalue weighted by molar-refractivity contribution is 0.586. The van der Waals surface area contributed by atoms with Crippen LogP contribution in [0.4, 0.5) is 17.8 Å². The lowest BCUT2D eigenvalue weighted by Crippen LogP contribution is -2.34. The molecule has 15 nitrogen and oxygen atoms in total. The summed E-state index contributed by atoms with van der Waals surface area (Å²) in [5.41, 5.74) is 9.50. The summed E-state index contributed by atoms with van der Waals surface area (Å²) in [5, 5.41) is 0. The summed E-state index contributed by atoms with van der Waals surface area (Å²) >= 11 is 0. The molecule has 0 atom stereocenters. The van der Waals surface area contributed by atoms with Gasteiger partial charge in [0.2, 0.25) is 17.8 Å². The molecule has 0 amide bonds. The third-order valence-electron chi connectivity index (χ3n) is 5.52. The van der Waals surface area contributed by atoms with Crippen molar-refractivity contribution in [1.29, 1.82) is 0 Å². The first-order valence-electron chi connectivity index (χ1n) is 12.0. The molecule has 222 valence electrons. The molecule has 0 aliphatic rings. The zero-order valence-corrected chi connectivity index (χ0v) is 24.9. The molecule has 6 N–H and O–H groups in total. The van der Waals surface area contributed by atoms with Crippen molar-refractivity contribution >= 4 is 47.9 Å². The van der Waals surface area contributed by atoms with Crippen LogP contribution in [0.1, 0.15) is 16.7 Å². The van der Waals surface area contributed by atoms with Crippen LogP contribution in [-0.4, -0.2) is 40.2 Å². The Morgan fingerprint density at radius 3 is 0.833 bits per heavy atom. The highest BCUT2D eigenvalue weighted by Gasteiger charge is 2.19. The van der Waals surface area contributed by atoms with Gasteiger partial charge in [-0.1, -0.05) is 53.1 Å². The van der Waals surface area contributed by atoms with Gasteiger partial charge in [0.05, 0.1) is 14.7 Å². The Kier molecular flexibility index (Phi) is 9.04. The summed E-state index contributed by atoms with van der Waals surface area (Å²) < 4.78 is 76.2. The van der Waals surface area contributed by atoms with Gasteiger partial charge in [-0.3, -0.25) is 16.3 Å². The standard InChI is InChI=1S/C24H27N9O6S3/c1-16-4-10-19(11-5-16)40(34,35)31-28-22-25-23(29-32-41(36,37)20-12-6-17(2)7-13-20)27-24(26-22)30-33-42(38,39)21-14-8-18(3)9-15-21/h4-15,31-33H,1-3H3,(H3,25,26,27,28,29,30). The largest absolute Gasteiger partial charge is 0.275 e. The molecule has 0 radical (unpaired) electrons. The van der Waals surface area contributed by atoms with Gasteiger partial charge in [-0.15, -0.1) is 14.5 Å². The van der Waals surface area contributed by atoms with Crippen LogP contribution >= 0.6 is 0 Å². The van der Waals surface area contributed by atoms with Gasteiger partial charge in [0.25, 0.3) is 30.1 Å². The van der Waals surface area contributed by atoms with Crippen LogP contribution < -0.4 is 30.8 Å². The van der Waals surface area contributed by atoms with Crippen molar-refractivity contribution in [3.8, 4) is 0 Å². The summed E-state index contributed by atoms with van der Waals surface area (Å²) in [4.78, 5) is 18.0. The van der Waals surface area contributed by atoms with Crippen LogP contribution in [0.2, 0.25) is 0 Å². The van der Waals surface area contributed by atoms with E-state index in [4.69, 9.17) is 0 Å². The predicted molar refractivity (Wildman–Crippen MR) is 155 cm³/mol. The van der Waals surface area contributed by atoms with Gasteiger partial charge in [0.15, 0.2) is 0 Å². The maximum absolute atomic E-state index is 12.7. The normalized spacial score (nSPS) is 12.1. The molecular formula is C24H27N9O6S3. The summed E-state index contributed by atoms with van der Waals surface area (Å²) in [6.07, 6.45) is 0. The monoisotopic (exact) mass is 633 g/mol. The van der Waals surface area contributed by atoms with E-state index in [2.05, 4.69) is 45.7 Å². The number of hydrogen-bond donors (Lipinski definition) is 6.